The van der Waals surface area contributed by atoms with Crippen LogP contribution in [-0.4, -0.2) is 27.4 Å². The number of pyridine rings is 1. The lowest BCUT2D eigenvalue weighted by Gasteiger charge is -2.15. The number of hydrogen-bond donors (Lipinski definition) is 2. The predicted molar refractivity (Wildman–Crippen MR) is 132 cm³/mol. The first-order valence-electron chi connectivity index (χ1n) is 10.4. The molecular weight excluding hydrogens is 469 g/mol. The van der Waals surface area contributed by atoms with Crippen LogP contribution in [-0.2, 0) is 6.54 Å². The average molecular weight is 488 g/mol. The van der Waals surface area contributed by atoms with E-state index in [-0.39, 0.29) is 28.9 Å². The minimum absolute atomic E-state index is 0.0126. The van der Waals surface area contributed by atoms with E-state index in [1.54, 1.807) is 20.0 Å². The molecule has 9 nitrogen and oxygen atoms in total. The van der Waals surface area contributed by atoms with Gasteiger partial charge < -0.3 is 10.7 Å². The maximum absolute atomic E-state index is 14.4. The number of nitriles is 2. The Morgan fingerprint density at radius 2 is 2.03 bits per heavy atom. The van der Waals surface area contributed by atoms with Gasteiger partial charge in [-0.3, -0.25) is 14.3 Å². The van der Waals surface area contributed by atoms with Crippen LogP contribution in [0.4, 0.5) is 10.1 Å². The summed E-state index contributed by atoms with van der Waals surface area (Å²) in [5, 5.41) is 29.3. The number of anilines is 1. The fourth-order valence-electron chi connectivity index (χ4n) is 3.86. The molecule has 0 saturated heterocycles. The number of thiophene rings is 1. The molecule has 4 rings (SSSR count). The highest BCUT2D eigenvalue weighted by Gasteiger charge is 2.22. The summed E-state index contributed by atoms with van der Waals surface area (Å²) in [5.41, 5.74) is 0.748. The summed E-state index contributed by atoms with van der Waals surface area (Å²) in [6, 6.07) is 8.30. The van der Waals surface area contributed by atoms with Gasteiger partial charge in [0.25, 0.3) is 5.56 Å². The van der Waals surface area contributed by atoms with E-state index in [1.807, 2.05) is 6.07 Å². The van der Waals surface area contributed by atoms with Crippen molar-refractivity contribution >= 4 is 33.5 Å². The zero-order valence-electron chi connectivity index (χ0n) is 18.7. The molecule has 0 aliphatic rings. The number of halogens is 1. The maximum atomic E-state index is 14.4. The van der Waals surface area contributed by atoms with Gasteiger partial charge in [-0.25, -0.2) is 13.8 Å². The summed E-state index contributed by atoms with van der Waals surface area (Å²) in [6.07, 6.45) is 3.84. The summed E-state index contributed by atoms with van der Waals surface area (Å²) in [6.45, 7) is 1.57. The number of rotatable bonds is 6. The molecular formula is C24H18FN7O2S. The van der Waals surface area contributed by atoms with Crippen LogP contribution in [0.15, 0.2) is 40.2 Å². The minimum Gasteiger partial charge on any atom is -0.386 e. The van der Waals surface area contributed by atoms with Crippen LogP contribution in [0.3, 0.4) is 0 Å². The SMILES string of the molecule is CNc1c(C=N)cncc1-n1c(=O)c2sc(-c3cc(F)c(C)cc3C#N)cc2n(CCC#N)c1=O. The summed E-state index contributed by atoms with van der Waals surface area (Å²) < 4.78 is 16.8. The van der Waals surface area contributed by atoms with E-state index in [4.69, 9.17) is 10.7 Å². The van der Waals surface area contributed by atoms with Gasteiger partial charge >= 0.3 is 5.69 Å². The largest absolute Gasteiger partial charge is 0.386 e. The summed E-state index contributed by atoms with van der Waals surface area (Å²) in [4.78, 5) is 31.7. The van der Waals surface area contributed by atoms with Crippen molar-refractivity contribution in [3.8, 4) is 28.3 Å². The van der Waals surface area contributed by atoms with Crippen molar-refractivity contribution in [2.45, 2.75) is 19.9 Å². The molecule has 0 bridgehead atoms. The summed E-state index contributed by atoms with van der Waals surface area (Å²) >= 11 is 1.03. The molecule has 0 saturated carbocycles. The van der Waals surface area contributed by atoms with Gasteiger partial charge in [0.1, 0.15) is 10.5 Å². The Labute approximate surface area is 202 Å². The highest BCUT2D eigenvalue weighted by Crippen LogP contribution is 2.35. The first-order valence-corrected chi connectivity index (χ1v) is 11.2. The maximum Gasteiger partial charge on any atom is 0.336 e. The lowest BCUT2D eigenvalue weighted by Crippen LogP contribution is -2.39. The number of hydrogen-bond acceptors (Lipinski definition) is 8. The number of aryl methyl sites for hydroxylation is 2. The Morgan fingerprint density at radius 1 is 1.26 bits per heavy atom. The molecule has 3 aromatic heterocycles. The Morgan fingerprint density at radius 3 is 2.69 bits per heavy atom. The highest BCUT2D eigenvalue weighted by molar-refractivity contribution is 7.22. The van der Waals surface area contributed by atoms with Gasteiger partial charge in [-0.2, -0.15) is 10.5 Å². The Bertz CT molecular complexity index is 1700. The molecule has 0 radical (unpaired) electrons. The molecule has 0 aliphatic heterocycles. The minimum atomic E-state index is -0.682. The van der Waals surface area contributed by atoms with Crippen LogP contribution >= 0.6 is 11.3 Å². The highest BCUT2D eigenvalue weighted by atomic mass is 32.1. The first-order chi connectivity index (χ1) is 16.9. The average Bonchev–Trinajstić information content (AvgIpc) is 3.30. The molecule has 0 aliphatic carbocycles. The fourth-order valence-corrected chi connectivity index (χ4v) is 4.99. The van der Waals surface area contributed by atoms with Crippen molar-refractivity contribution < 1.29 is 4.39 Å². The Balaban J connectivity index is 2.11. The third kappa shape index (κ3) is 3.88. The van der Waals surface area contributed by atoms with E-state index in [0.29, 0.717) is 32.8 Å². The molecule has 0 fully saturated rings. The van der Waals surface area contributed by atoms with Crippen molar-refractivity contribution in [2.24, 2.45) is 0 Å². The lowest BCUT2D eigenvalue weighted by atomic mass is 10.0. The Hall–Kier alpha value is -4.61. The molecule has 4 aromatic rings. The van der Waals surface area contributed by atoms with Crippen LogP contribution in [0, 0.1) is 40.8 Å². The molecule has 0 unspecified atom stereocenters. The number of fused-ring (bicyclic) bond motifs is 1. The molecule has 3 heterocycles. The van der Waals surface area contributed by atoms with Gasteiger partial charge in [0, 0.05) is 42.0 Å². The summed E-state index contributed by atoms with van der Waals surface area (Å²) in [5.74, 6) is -0.496. The zero-order chi connectivity index (χ0) is 25.3. The number of aromatic nitrogens is 3. The van der Waals surface area contributed by atoms with Gasteiger partial charge in [0.05, 0.1) is 47.2 Å². The predicted octanol–water partition coefficient (Wildman–Crippen LogP) is 3.55. The van der Waals surface area contributed by atoms with Gasteiger partial charge in [-0.05, 0) is 30.7 Å². The van der Waals surface area contributed by atoms with Crippen molar-refractivity contribution in [1.29, 1.82) is 15.9 Å². The van der Waals surface area contributed by atoms with Crippen LogP contribution in [0.1, 0.15) is 23.1 Å². The van der Waals surface area contributed by atoms with E-state index < -0.39 is 17.1 Å². The van der Waals surface area contributed by atoms with Crippen molar-refractivity contribution in [2.75, 3.05) is 12.4 Å². The smallest absolute Gasteiger partial charge is 0.336 e. The quantitative estimate of drug-likeness (QED) is 0.399. The van der Waals surface area contributed by atoms with Crippen LogP contribution in [0.2, 0.25) is 0 Å². The van der Waals surface area contributed by atoms with Crippen LogP contribution in [0.5, 0.6) is 0 Å². The summed E-state index contributed by atoms with van der Waals surface area (Å²) in [7, 11) is 1.60. The molecule has 0 spiro atoms. The van der Waals surface area contributed by atoms with E-state index in [1.165, 1.54) is 29.1 Å². The second-order valence-electron chi connectivity index (χ2n) is 7.58. The number of nitrogens with one attached hydrogen (secondary N) is 2. The van der Waals surface area contributed by atoms with Gasteiger partial charge in [0.15, 0.2) is 0 Å². The molecule has 35 heavy (non-hydrogen) atoms. The van der Waals surface area contributed by atoms with Crippen molar-refractivity contribution in [1.82, 2.24) is 14.1 Å². The van der Waals surface area contributed by atoms with Crippen LogP contribution < -0.4 is 16.6 Å². The molecule has 2 N–H and O–H groups in total. The molecule has 0 atom stereocenters. The molecule has 174 valence electrons. The monoisotopic (exact) mass is 487 g/mol. The third-order valence-corrected chi connectivity index (χ3v) is 6.70. The van der Waals surface area contributed by atoms with Gasteiger partial charge in [-0.1, -0.05) is 0 Å². The Kier molecular flexibility index (Phi) is 6.28. The number of benzene rings is 1. The lowest BCUT2D eigenvalue weighted by molar-refractivity contribution is 0.619. The van der Waals surface area contributed by atoms with E-state index in [0.717, 1.165) is 22.1 Å². The van der Waals surface area contributed by atoms with Gasteiger partial charge in [0.2, 0.25) is 0 Å². The van der Waals surface area contributed by atoms with E-state index >= 15 is 0 Å². The van der Waals surface area contributed by atoms with Crippen molar-refractivity contribution in [3.63, 3.8) is 0 Å². The van der Waals surface area contributed by atoms with Crippen molar-refractivity contribution in [3.05, 3.63) is 73.9 Å². The van der Waals surface area contributed by atoms with Crippen LogP contribution in [0.25, 0.3) is 26.3 Å². The van der Waals surface area contributed by atoms with E-state index in [9.17, 15) is 19.2 Å². The van der Waals surface area contributed by atoms with E-state index in [2.05, 4.69) is 16.4 Å². The molecule has 11 heteroatoms. The zero-order valence-corrected chi connectivity index (χ0v) is 19.5. The standard InChI is InChI=1S/C24H18FN7O2S/c1-13-6-14(9-27)16(7-17(13)25)20-8-18-22(35-20)23(33)32(24(34)31(18)5-3-4-26)19-12-30-11-15(10-28)21(19)29-2/h6-8,10-12,28H,3,5H2,1-2H3,(H,29,30). The second-order valence-corrected chi connectivity index (χ2v) is 8.64. The second kappa shape index (κ2) is 9.33. The third-order valence-electron chi connectivity index (χ3n) is 5.56. The topological polar surface area (TPSA) is 140 Å². The normalized spacial score (nSPS) is 10.7. The number of nitrogens with zero attached hydrogens (tertiary/aromatic N) is 5. The van der Waals surface area contributed by atoms with Gasteiger partial charge in [-0.15, -0.1) is 11.3 Å². The first kappa shape index (κ1) is 23.5. The fraction of sp³-hybridized carbons (Fsp3) is 0.167. The molecule has 1 aromatic carbocycles. The molecule has 0 amide bonds.